The van der Waals surface area contributed by atoms with Crippen LogP contribution in [0.4, 0.5) is 4.39 Å². The Morgan fingerprint density at radius 1 is 1.60 bits per heavy atom. The molecule has 0 aromatic heterocycles. The van der Waals surface area contributed by atoms with E-state index in [1.54, 1.807) is 5.82 Å². The summed E-state index contributed by atoms with van der Waals surface area (Å²) in [6.45, 7) is 3.90. The van der Waals surface area contributed by atoms with Crippen molar-refractivity contribution in [2.24, 2.45) is 0 Å². The lowest BCUT2D eigenvalue weighted by Crippen LogP contribution is -1.73. The predicted octanol–water partition coefficient (Wildman–Crippen LogP) is 3.94. The second kappa shape index (κ2) is 6.18. The van der Waals surface area contributed by atoms with E-state index in [0.717, 1.165) is 12.6 Å². The first-order valence-corrected chi connectivity index (χ1v) is 6.27. The summed E-state index contributed by atoms with van der Waals surface area (Å²) in [5, 5.41) is 0. The lowest BCUT2D eigenvalue weighted by molar-refractivity contribution is 0.607. The van der Waals surface area contributed by atoms with Crippen LogP contribution in [-0.4, -0.2) is 6.16 Å². The molecule has 0 nitrogen and oxygen atoms in total. The van der Waals surface area contributed by atoms with Crippen molar-refractivity contribution < 1.29 is 4.39 Å². The highest BCUT2D eigenvalue weighted by Crippen LogP contribution is 2.44. The number of halogens is 1. The third kappa shape index (κ3) is 5.25. The molecule has 0 spiro atoms. The third-order valence-electron chi connectivity index (χ3n) is 1.08. The number of hydrogen-bond donors (Lipinski definition) is 1. The van der Waals surface area contributed by atoms with Gasteiger partial charge < -0.3 is 0 Å². The van der Waals surface area contributed by atoms with Crippen molar-refractivity contribution in [3.8, 4) is 0 Å². The Bertz CT molecular complexity index is 114. The zero-order valence-electron chi connectivity index (χ0n) is 6.47. The fraction of sp³-hybridized carbons (Fsp3) is 0.714. The molecular formula is C7H14FPS. The average Bonchev–Trinajstić information content (AvgIpc) is 1.88. The molecule has 10 heavy (non-hydrogen) atoms. The fourth-order valence-electron chi connectivity index (χ4n) is 0.547. The van der Waals surface area contributed by atoms with Gasteiger partial charge in [-0.25, -0.2) is 4.39 Å². The second-order valence-electron chi connectivity index (χ2n) is 2.09. The molecule has 60 valence electrons. The Labute approximate surface area is 68.8 Å². The van der Waals surface area contributed by atoms with E-state index in [1.165, 1.54) is 0 Å². The van der Waals surface area contributed by atoms with Crippen molar-refractivity contribution in [2.75, 3.05) is 6.16 Å². The first-order chi connectivity index (χ1) is 4.70. The Balaban J connectivity index is 3.62. The van der Waals surface area contributed by atoms with Crippen molar-refractivity contribution >= 4 is 19.4 Å². The Kier molecular flexibility index (Phi) is 6.46. The zero-order chi connectivity index (χ0) is 7.98. The Morgan fingerprint density at radius 3 is 2.60 bits per heavy atom. The highest BCUT2D eigenvalue weighted by molar-refractivity contribution is 8.46. The van der Waals surface area contributed by atoms with Crippen LogP contribution in [0, 0.1) is 0 Å². The highest BCUT2D eigenvalue weighted by Gasteiger charge is 1.97. The number of allylic oxidation sites excluding steroid dienone is 1. The highest BCUT2D eigenvalue weighted by atomic mass is 32.7. The van der Waals surface area contributed by atoms with Gasteiger partial charge in [0.2, 0.25) is 0 Å². The predicted molar refractivity (Wildman–Crippen MR) is 50.5 cm³/mol. The topological polar surface area (TPSA) is 0 Å². The molecule has 0 aliphatic rings. The lowest BCUT2D eigenvalue weighted by Gasteiger charge is -2.02. The molecule has 1 unspecified atom stereocenters. The van der Waals surface area contributed by atoms with Gasteiger partial charge in [-0.2, -0.15) is 0 Å². The van der Waals surface area contributed by atoms with Gasteiger partial charge in [0.1, 0.15) is 5.83 Å². The maximum absolute atomic E-state index is 12.5. The van der Waals surface area contributed by atoms with Gasteiger partial charge in [0.15, 0.2) is 0 Å². The molecule has 0 radical (unpaired) electrons. The van der Waals surface area contributed by atoms with Gasteiger partial charge in [-0.3, -0.25) is 0 Å². The molecule has 1 atom stereocenters. The van der Waals surface area contributed by atoms with Crippen molar-refractivity contribution in [1.82, 2.24) is 0 Å². The summed E-state index contributed by atoms with van der Waals surface area (Å²) in [6, 6.07) is 0. The maximum atomic E-state index is 12.5. The molecule has 0 N–H and O–H groups in total. The largest absolute Gasteiger partial charge is 0.212 e. The van der Waals surface area contributed by atoms with E-state index in [-0.39, 0.29) is 5.83 Å². The minimum Gasteiger partial charge on any atom is -0.212 e. The monoisotopic (exact) mass is 180 g/mol. The van der Waals surface area contributed by atoms with Crippen LogP contribution in [0.1, 0.15) is 26.7 Å². The standard InChI is InChI=1S/C7H14FPS/c1-3-5-9(10)6-7(8)4-2/h6,10H,3-5H2,1-2H3/b7-6+. The number of rotatable bonds is 4. The van der Waals surface area contributed by atoms with Crippen LogP contribution in [0.5, 0.6) is 0 Å². The normalized spacial score (nSPS) is 15.4. The molecule has 0 aliphatic heterocycles. The SMILES string of the molecule is CCCP(S)/C=C(/F)CC. The molecule has 0 aliphatic carbocycles. The van der Waals surface area contributed by atoms with E-state index < -0.39 is 7.12 Å². The Morgan fingerprint density at radius 2 is 2.20 bits per heavy atom. The molecule has 0 amide bonds. The van der Waals surface area contributed by atoms with Gasteiger partial charge in [-0.05, 0) is 25.5 Å². The number of hydrogen-bond acceptors (Lipinski definition) is 1. The molecule has 0 saturated carbocycles. The van der Waals surface area contributed by atoms with E-state index in [2.05, 4.69) is 19.2 Å². The van der Waals surface area contributed by atoms with Gasteiger partial charge in [0, 0.05) is 0 Å². The maximum Gasteiger partial charge on any atom is 0.101 e. The molecule has 0 saturated heterocycles. The molecule has 0 rings (SSSR count). The van der Waals surface area contributed by atoms with Crippen LogP contribution in [0.25, 0.3) is 0 Å². The van der Waals surface area contributed by atoms with Crippen molar-refractivity contribution in [3.63, 3.8) is 0 Å². The van der Waals surface area contributed by atoms with E-state index in [9.17, 15) is 4.39 Å². The van der Waals surface area contributed by atoms with Gasteiger partial charge in [-0.15, -0.1) is 12.2 Å². The minimum atomic E-state index is -0.468. The van der Waals surface area contributed by atoms with Crippen LogP contribution in [0.2, 0.25) is 0 Å². The first kappa shape index (κ1) is 10.4. The molecule has 0 aromatic rings. The molecule has 0 heterocycles. The van der Waals surface area contributed by atoms with Crippen molar-refractivity contribution in [3.05, 3.63) is 11.6 Å². The van der Waals surface area contributed by atoms with Crippen LogP contribution in [-0.2, 0) is 0 Å². The molecular weight excluding hydrogens is 166 g/mol. The van der Waals surface area contributed by atoms with Crippen molar-refractivity contribution in [1.29, 1.82) is 0 Å². The first-order valence-electron chi connectivity index (χ1n) is 3.52. The summed E-state index contributed by atoms with van der Waals surface area (Å²) >= 11 is 4.25. The van der Waals surface area contributed by atoms with Crippen molar-refractivity contribution in [2.45, 2.75) is 26.7 Å². The van der Waals surface area contributed by atoms with E-state index in [1.807, 2.05) is 6.92 Å². The zero-order valence-corrected chi connectivity index (χ0v) is 8.26. The molecule has 0 aromatic carbocycles. The van der Waals surface area contributed by atoms with E-state index in [0.29, 0.717) is 6.42 Å². The van der Waals surface area contributed by atoms with Crippen LogP contribution < -0.4 is 0 Å². The van der Waals surface area contributed by atoms with Gasteiger partial charge >= 0.3 is 0 Å². The summed E-state index contributed by atoms with van der Waals surface area (Å²) in [7, 11) is -0.468. The summed E-state index contributed by atoms with van der Waals surface area (Å²) in [4.78, 5) is 0. The van der Waals surface area contributed by atoms with Gasteiger partial charge in [0.05, 0.1) is 0 Å². The van der Waals surface area contributed by atoms with E-state index >= 15 is 0 Å². The average molecular weight is 180 g/mol. The second-order valence-corrected chi connectivity index (χ2v) is 5.22. The fourth-order valence-corrected chi connectivity index (χ4v) is 2.62. The quantitative estimate of drug-likeness (QED) is 0.491. The van der Waals surface area contributed by atoms with Crippen LogP contribution >= 0.6 is 19.4 Å². The smallest absolute Gasteiger partial charge is 0.101 e. The molecule has 0 fully saturated rings. The van der Waals surface area contributed by atoms with Crippen LogP contribution in [0.15, 0.2) is 11.6 Å². The molecule has 0 bridgehead atoms. The Hall–Kier alpha value is 0.450. The van der Waals surface area contributed by atoms with E-state index in [4.69, 9.17) is 0 Å². The number of thiol groups is 1. The van der Waals surface area contributed by atoms with Gasteiger partial charge in [-0.1, -0.05) is 20.3 Å². The summed E-state index contributed by atoms with van der Waals surface area (Å²) in [5.41, 5.74) is 0. The summed E-state index contributed by atoms with van der Waals surface area (Å²) < 4.78 is 12.5. The summed E-state index contributed by atoms with van der Waals surface area (Å²) in [6.07, 6.45) is 2.61. The van der Waals surface area contributed by atoms with Gasteiger partial charge in [0.25, 0.3) is 0 Å². The third-order valence-corrected chi connectivity index (χ3v) is 3.51. The summed E-state index contributed by atoms with van der Waals surface area (Å²) in [5.74, 6) is 1.64. The minimum absolute atomic E-state index is 0.0189. The van der Waals surface area contributed by atoms with Crippen LogP contribution in [0.3, 0.4) is 0 Å². The molecule has 3 heteroatoms. The lowest BCUT2D eigenvalue weighted by atomic mass is 10.5.